The Kier molecular flexibility index (Phi) is 3.96. The van der Waals surface area contributed by atoms with E-state index in [1.165, 1.54) is 0 Å². The number of imidazole rings is 1. The predicted molar refractivity (Wildman–Crippen MR) is 87.4 cm³/mol. The number of aryl methyl sites for hydroxylation is 1. The van der Waals surface area contributed by atoms with Gasteiger partial charge in [0.2, 0.25) is 5.91 Å². The van der Waals surface area contributed by atoms with Gasteiger partial charge in [-0.25, -0.2) is 4.98 Å². The van der Waals surface area contributed by atoms with Crippen molar-refractivity contribution in [2.45, 2.75) is 18.7 Å². The highest BCUT2D eigenvalue weighted by Gasteiger charge is 2.45. The first kappa shape index (κ1) is 15.8. The molecule has 2 amide bonds. The lowest BCUT2D eigenvalue weighted by molar-refractivity contribution is -0.154. The first-order chi connectivity index (χ1) is 12.1. The smallest absolute Gasteiger partial charge is 0.272 e. The third-order valence-corrected chi connectivity index (χ3v) is 4.78. The normalized spacial score (nSPS) is 23.0. The number of likely N-dealkylation sites (tertiary alicyclic amines) is 1. The zero-order valence-electron chi connectivity index (χ0n) is 13.9. The van der Waals surface area contributed by atoms with Gasteiger partial charge in [0.15, 0.2) is 0 Å². The summed E-state index contributed by atoms with van der Waals surface area (Å²) in [7, 11) is 1.90. The van der Waals surface area contributed by atoms with Crippen molar-refractivity contribution in [2.24, 2.45) is 7.05 Å². The summed E-state index contributed by atoms with van der Waals surface area (Å²) in [5.74, 6) is 0.600. The van der Waals surface area contributed by atoms with Crippen LogP contribution in [0.1, 0.15) is 16.3 Å². The van der Waals surface area contributed by atoms with Gasteiger partial charge in [-0.05, 0) is 12.1 Å². The van der Waals surface area contributed by atoms with Crippen molar-refractivity contribution in [3.63, 3.8) is 0 Å². The fraction of sp³-hybridized carbons (Fsp3) is 0.412. The Hall–Kier alpha value is -2.74. The number of ether oxygens (including phenoxy) is 1. The molecular formula is C17H19N5O3. The van der Waals surface area contributed by atoms with Gasteiger partial charge in [0, 0.05) is 38.7 Å². The lowest BCUT2D eigenvalue weighted by Crippen LogP contribution is -2.53. The van der Waals surface area contributed by atoms with Gasteiger partial charge in [-0.15, -0.1) is 0 Å². The standard InChI is InChI=1S/C17H19N5O3/c1-20-7-6-19-15(20)10-22-13-8-21(9-14(13)25-11-16(22)23)17(24)12-4-2-3-5-18-12/h2-7,13-14H,8-11H2,1H3/t13-,14+/m1/s1. The molecule has 2 fully saturated rings. The van der Waals surface area contributed by atoms with E-state index in [0.717, 1.165) is 5.82 Å². The second-order valence-electron chi connectivity index (χ2n) is 6.32. The number of hydrogen-bond acceptors (Lipinski definition) is 5. The van der Waals surface area contributed by atoms with Gasteiger partial charge in [-0.3, -0.25) is 14.6 Å². The minimum atomic E-state index is -0.175. The van der Waals surface area contributed by atoms with E-state index in [1.54, 1.807) is 40.4 Å². The van der Waals surface area contributed by atoms with Crippen LogP contribution < -0.4 is 0 Å². The van der Waals surface area contributed by atoms with Gasteiger partial charge in [0.05, 0.1) is 18.7 Å². The molecule has 8 heteroatoms. The Bertz CT molecular complexity index is 791. The van der Waals surface area contributed by atoms with Crippen molar-refractivity contribution in [3.8, 4) is 0 Å². The second kappa shape index (κ2) is 6.29. The Labute approximate surface area is 145 Å². The zero-order chi connectivity index (χ0) is 17.4. The highest BCUT2D eigenvalue weighted by molar-refractivity contribution is 5.92. The molecule has 4 rings (SSSR count). The molecule has 130 valence electrons. The molecule has 0 spiro atoms. The van der Waals surface area contributed by atoms with E-state index in [-0.39, 0.29) is 30.6 Å². The van der Waals surface area contributed by atoms with E-state index in [1.807, 2.05) is 17.8 Å². The summed E-state index contributed by atoms with van der Waals surface area (Å²) in [5, 5.41) is 0. The van der Waals surface area contributed by atoms with Gasteiger partial charge in [-0.2, -0.15) is 0 Å². The van der Waals surface area contributed by atoms with Gasteiger partial charge in [0.1, 0.15) is 18.1 Å². The van der Waals surface area contributed by atoms with Crippen LogP contribution in [0.2, 0.25) is 0 Å². The lowest BCUT2D eigenvalue weighted by atomic mass is 10.1. The van der Waals surface area contributed by atoms with Gasteiger partial charge in [-0.1, -0.05) is 6.07 Å². The van der Waals surface area contributed by atoms with Gasteiger partial charge < -0.3 is 19.1 Å². The van der Waals surface area contributed by atoms with Crippen LogP contribution in [-0.2, 0) is 23.1 Å². The molecule has 4 heterocycles. The molecule has 0 aliphatic carbocycles. The molecule has 2 atom stereocenters. The second-order valence-corrected chi connectivity index (χ2v) is 6.32. The van der Waals surface area contributed by atoms with Crippen LogP contribution in [0, 0.1) is 0 Å². The van der Waals surface area contributed by atoms with Crippen molar-refractivity contribution in [3.05, 3.63) is 48.3 Å². The summed E-state index contributed by atoms with van der Waals surface area (Å²) >= 11 is 0. The molecule has 2 aromatic heterocycles. The van der Waals surface area contributed by atoms with Crippen LogP contribution >= 0.6 is 0 Å². The minimum Gasteiger partial charge on any atom is -0.364 e. The molecule has 0 N–H and O–H groups in total. The number of carbonyl (C=O) groups is 2. The van der Waals surface area contributed by atoms with Crippen LogP contribution in [0.3, 0.4) is 0 Å². The molecule has 0 saturated carbocycles. The summed E-state index contributed by atoms with van der Waals surface area (Å²) in [4.78, 5) is 36.9. The van der Waals surface area contributed by atoms with Crippen molar-refractivity contribution in [2.75, 3.05) is 19.7 Å². The fourth-order valence-corrected chi connectivity index (χ4v) is 3.39. The minimum absolute atomic E-state index is 0.0389. The number of hydrogen-bond donors (Lipinski definition) is 0. The van der Waals surface area contributed by atoms with Crippen LogP contribution in [-0.4, -0.2) is 68.0 Å². The Morgan fingerprint density at radius 2 is 2.16 bits per heavy atom. The Morgan fingerprint density at radius 1 is 1.28 bits per heavy atom. The highest BCUT2D eigenvalue weighted by atomic mass is 16.5. The molecule has 2 aromatic rings. The molecule has 25 heavy (non-hydrogen) atoms. The maximum absolute atomic E-state index is 12.6. The average Bonchev–Trinajstić information content (AvgIpc) is 3.24. The average molecular weight is 341 g/mol. The third kappa shape index (κ3) is 2.89. The van der Waals surface area contributed by atoms with E-state index in [0.29, 0.717) is 25.3 Å². The van der Waals surface area contributed by atoms with E-state index in [2.05, 4.69) is 9.97 Å². The summed E-state index contributed by atoms with van der Waals surface area (Å²) in [5.41, 5.74) is 0.406. The number of pyridine rings is 1. The van der Waals surface area contributed by atoms with E-state index >= 15 is 0 Å². The Morgan fingerprint density at radius 3 is 2.88 bits per heavy atom. The van der Waals surface area contributed by atoms with Gasteiger partial charge >= 0.3 is 0 Å². The largest absolute Gasteiger partial charge is 0.364 e. The summed E-state index contributed by atoms with van der Waals surface area (Å²) < 4.78 is 7.57. The van der Waals surface area contributed by atoms with Crippen molar-refractivity contribution >= 4 is 11.8 Å². The number of amides is 2. The number of aromatic nitrogens is 3. The van der Waals surface area contributed by atoms with Crippen LogP contribution in [0.15, 0.2) is 36.8 Å². The van der Waals surface area contributed by atoms with E-state index < -0.39 is 0 Å². The molecular weight excluding hydrogens is 322 g/mol. The molecule has 0 radical (unpaired) electrons. The quantitative estimate of drug-likeness (QED) is 0.789. The van der Waals surface area contributed by atoms with Crippen LogP contribution in [0.4, 0.5) is 0 Å². The monoisotopic (exact) mass is 341 g/mol. The van der Waals surface area contributed by atoms with Gasteiger partial charge in [0.25, 0.3) is 5.91 Å². The van der Waals surface area contributed by atoms with E-state index in [4.69, 9.17) is 4.74 Å². The molecule has 2 aliphatic heterocycles. The van der Waals surface area contributed by atoms with Crippen molar-refractivity contribution in [1.29, 1.82) is 0 Å². The maximum atomic E-state index is 12.6. The molecule has 0 bridgehead atoms. The maximum Gasteiger partial charge on any atom is 0.272 e. The van der Waals surface area contributed by atoms with Crippen molar-refractivity contribution < 1.29 is 14.3 Å². The molecule has 0 aromatic carbocycles. The number of fused-ring (bicyclic) bond motifs is 1. The molecule has 0 unspecified atom stereocenters. The summed E-state index contributed by atoms with van der Waals surface area (Å²) in [6, 6.07) is 5.10. The number of carbonyl (C=O) groups excluding carboxylic acids is 2. The summed E-state index contributed by atoms with van der Waals surface area (Å²) in [6.45, 7) is 1.36. The van der Waals surface area contributed by atoms with E-state index in [9.17, 15) is 9.59 Å². The SMILES string of the molecule is Cn1ccnc1CN1C(=O)CO[C@H]2CN(C(=O)c3ccccn3)C[C@H]21. The first-order valence-corrected chi connectivity index (χ1v) is 8.21. The van der Waals surface area contributed by atoms with Crippen LogP contribution in [0.5, 0.6) is 0 Å². The third-order valence-electron chi connectivity index (χ3n) is 4.78. The highest BCUT2D eigenvalue weighted by Crippen LogP contribution is 2.25. The summed E-state index contributed by atoms with van der Waals surface area (Å²) in [6.07, 6.45) is 4.99. The topological polar surface area (TPSA) is 80.6 Å². The lowest BCUT2D eigenvalue weighted by Gasteiger charge is -2.36. The van der Waals surface area contributed by atoms with Crippen molar-refractivity contribution in [1.82, 2.24) is 24.3 Å². The molecule has 8 nitrogen and oxygen atoms in total. The zero-order valence-corrected chi connectivity index (χ0v) is 13.9. The molecule has 2 aliphatic rings. The Balaban J connectivity index is 1.53. The fourth-order valence-electron chi connectivity index (χ4n) is 3.39. The first-order valence-electron chi connectivity index (χ1n) is 8.21. The van der Waals surface area contributed by atoms with Crippen LogP contribution in [0.25, 0.3) is 0 Å². The number of rotatable bonds is 3. The number of morpholine rings is 1. The predicted octanol–water partition coefficient (Wildman–Crippen LogP) is 0.0671. The number of nitrogens with zero attached hydrogens (tertiary/aromatic N) is 5. The molecule has 2 saturated heterocycles.